The third-order valence-electron chi connectivity index (χ3n) is 2.98. The molecule has 2 heterocycles. The lowest BCUT2D eigenvalue weighted by Gasteiger charge is -2.21. The minimum Gasteiger partial charge on any atom is -0.370 e. The number of nitrogens with one attached hydrogen (secondary N) is 1. The summed E-state index contributed by atoms with van der Waals surface area (Å²) in [6.45, 7) is 5.97. The molecule has 0 amide bonds. The number of anilines is 2. The molecule has 0 atom stereocenters. The van der Waals surface area contributed by atoms with Crippen LogP contribution in [0.4, 0.5) is 11.6 Å². The normalized spacial score (nSPS) is 10.5. The summed E-state index contributed by atoms with van der Waals surface area (Å²) < 4.78 is 0. The molecule has 0 unspecified atom stereocenters. The Hall–Kier alpha value is -1.62. The molecule has 0 bridgehead atoms. The van der Waals surface area contributed by atoms with Crippen molar-refractivity contribution < 1.29 is 0 Å². The molecule has 0 aromatic carbocycles. The lowest BCUT2D eigenvalue weighted by molar-refractivity contribution is 0.872. The fourth-order valence-corrected chi connectivity index (χ4v) is 2.77. The van der Waals surface area contributed by atoms with Crippen molar-refractivity contribution in [1.29, 1.82) is 0 Å². The second-order valence-corrected chi connectivity index (χ2v) is 5.18. The zero-order chi connectivity index (χ0) is 13.7. The quantitative estimate of drug-likeness (QED) is 0.880. The largest absolute Gasteiger partial charge is 0.370 e. The fraction of sp³-hybridized carbons (Fsp3) is 0.429. The molecule has 0 fully saturated rings. The van der Waals surface area contributed by atoms with Gasteiger partial charge in [-0.3, -0.25) is 0 Å². The monoisotopic (exact) mass is 276 g/mol. The van der Waals surface area contributed by atoms with Gasteiger partial charge in [-0.15, -0.1) is 0 Å². The first-order valence-electron chi connectivity index (χ1n) is 6.56. The molecule has 0 radical (unpaired) electrons. The predicted molar refractivity (Wildman–Crippen MR) is 82.0 cm³/mol. The van der Waals surface area contributed by atoms with Gasteiger partial charge >= 0.3 is 0 Å². The van der Waals surface area contributed by atoms with Crippen molar-refractivity contribution in [2.75, 3.05) is 23.8 Å². The van der Waals surface area contributed by atoms with Crippen LogP contribution in [0.15, 0.2) is 23.2 Å². The van der Waals surface area contributed by atoms with E-state index in [0.717, 1.165) is 31.1 Å². The van der Waals surface area contributed by atoms with E-state index < -0.39 is 0 Å². The number of nitrogens with zero attached hydrogens (tertiary/aromatic N) is 3. The van der Waals surface area contributed by atoms with Gasteiger partial charge in [0.05, 0.1) is 0 Å². The molecule has 2 aromatic heterocycles. The number of thiophene rings is 1. The Morgan fingerprint density at radius 2 is 2.16 bits per heavy atom. The Morgan fingerprint density at radius 3 is 2.79 bits per heavy atom. The highest BCUT2D eigenvalue weighted by Gasteiger charge is 2.13. The maximum atomic E-state index is 4.45. The first-order valence-corrected chi connectivity index (χ1v) is 7.50. The van der Waals surface area contributed by atoms with E-state index in [0.29, 0.717) is 0 Å². The van der Waals surface area contributed by atoms with Crippen LogP contribution in [0.3, 0.4) is 0 Å². The van der Waals surface area contributed by atoms with E-state index in [-0.39, 0.29) is 0 Å². The van der Waals surface area contributed by atoms with Crippen molar-refractivity contribution in [1.82, 2.24) is 9.97 Å². The van der Waals surface area contributed by atoms with Gasteiger partial charge in [0.1, 0.15) is 18.0 Å². The Morgan fingerprint density at radius 1 is 1.32 bits per heavy atom. The van der Waals surface area contributed by atoms with Crippen LogP contribution >= 0.6 is 11.3 Å². The van der Waals surface area contributed by atoms with Crippen LogP contribution in [0, 0.1) is 0 Å². The maximum absolute atomic E-state index is 4.45. The SMILES string of the molecule is CCNc1ncnc(N(C)Cc2ccsc2)c1CC. The summed E-state index contributed by atoms with van der Waals surface area (Å²) in [6.07, 6.45) is 2.56. The van der Waals surface area contributed by atoms with Crippen LogP contribution < -0.4 is 10.2 Å². The molecule has 0 aliphatic carbocycles. The van der Waals surface area contributed by atoms with E-state index in [4.69, 9.17) is 0 Å². The first kappa shape index (κ1) is 13.8. The van der Waals surface area contributed by atoms with Crippen molar-refractivity contribution in [2.24, 2.45) is 0 Å². The predicted octanol–water partition coefficient (Wildman–Crippen LogP) is 3.17. The van der Waals surface area contributed by atoms with Crippen molar-refractivity contribution in [3.05, 3.63) is 34.3 Å². The highest BCUT2D eigenvalue weighted by atomic mass is 32.1. The van der Waals surface area contributed by atoms with Crippen LogP contribution in [-0.2, 0) is 13.0 Å². The Kier molecular flexibility index (Phi) is 4.74. The van der Waals surface area contributed by atoms with Crippen LogP contribution in [0.1, 0.15) is 25.0 Å². The summed E-state index contributed by atoms with van der Waals surface area (Å²) in [5, 5.41) is 7.59. The molecule has 4 nitrogen and oxygen atoms in total. The maximum Gasteiger partial charge on any atom is 0.137 e. The van der Waals surface area contributed by atoms with Crippen LogP contribution in [0.2, 0.25) is 0 Å². The van der Waals surface area contributed by atoms with Crippen LogP contribution in [0.5, 0.6) is 0 Å². The highest BCUT2D eigenvalue weighted by molar-refractivity contribution is 7.07. The van der Waals surface area contributed by atoms with Gasteiger partial charge in [0, 0.05) is 25.7 Å². The topological polar surface area (TPSA) is 41.1 Å². The highest BCUT2D eigenvalue weighted by Crippen LogP contribution is 2.24. The van der Waals surface area contributed by atoms with Gasteiger partial charge in [0.15, 0.2) is 0 Å². The molecule has 0 saturated heterocycles. The van der Waals surface area contributed by atoms with Gasteiger partial charge in [0.2, 0.25) is 0 Å². The van der Waals surface area contributed by atoms with Crippen molar-refractivity contribution in [3.8, 4) is 0 Å². The van der Waals surface area contributed by atoms with E-state index in [1.54, 1.807) is 17.7 Å². The number of hydrogen-bond donors (Lipinski definition) is 1. The standard InChI is InChI=1S/C14H20N4S/c1-4-12-13(15-5-2)16-10-17-14(12)18(3)8-11-6-7-19-9-11/h6-7,9-10H,4-5,8H2,1-3H3,(H,15,16,17). The Bertz CT molecular complexity index is 510. The Balaban J connectivity index is 2.25. The third-order valence-corrected chi connectivity index (χ3v) is 3.71. The lowest BCUT2D eigenvalue weighted by atomic mass is 10.2. The smallest absolute Gasteiger partial charge is 0.137 e. The molecule has 2 aromatic rings. The van der Waals surface area contributed by atoms with Gasteiger partial charge in [-0.2, -0.15) is 11.3 Å². The van der Waals surface area contributed by atoms with Gasteiger partial charge in [-0.1, -0.05) is 6.92 Å². The van der Waals surface area contributed by atoms with Crippen LogP contribution in [0.25, 0.3) is 0 Å². The molecule has 102 valence electrons. The zero-order valence-electron chi connectivity index (χ0n) is 11.7. The molecular formula is C14H20N4S. The fourth-order valence-electron chi connectivity index (χ4n) is 2.11. The van der Waals surface area contributed by atoms with Crippen molar-refractivity contribution in [3.63, 3.8) is 0 Å². The van der Waals surface area contributed by atoms with Crippen LogP contribution in [-0.4, -0.2) is 23.6 Å². The molecule has 19 heavy (non-hydrogen) atoms. The number of hydrogen-bond acceptors (Lipinski definition) is 5. The van der Waals surface area contributed by atoms with Crippen molar-refractivity contribution in [2.45, 2.75) is 26.8 Å². The van der Waals surface area contributed by atoms with Gasteiger partial charge in [-0.25, -0.2) is 9.97 Å². The molecule has 5 heteroatoms. The van der Waals surface area contributed by atoms with Gasteiger partial charge < -0.3 is 10.2 Å². The van der Waals surface area contributed by atoms with E-state index in [9.17, 15) is 0 Å². The number of rotatable bonds is 6. The molecule has 2 rings (SSSR count). The summed E-state index contributed by atoms with van der Waals surface area (Å²) in [5.41, 5.74) is 2.50. The van der Waals surface area contributed by atoms with Gasteiger partial charge in [-0.05, 0) is 35.7 Å². The first-order chi connectivity index (χ1) is 9.26. The molecule has 0 saturated carbocycles. The number of aromatic nitrogens is 2. The van der Waals surface area contributed by atoms with E-state index >= 15 is 0 Å². The second-order valence-electron chi connectivity index (χ2n) is 4.40. The minimum absolute atomic E-state index is 0.873. The van der Waals surface area contributed by atoms with E-state index in [1.165, 1.54) is 11.1 Å². The van der Waals surface area contributed by atoms with Gasteiger partial charge in [0.25, 0.3) is 0 Å². The molecule has 0 aliphatic heterocycles. The third kappa shape index (κ3) is 3.23. The molecule has 0 spiro atoms. The summed E-state index contributed by atoms with van der Waals surface area (Å²) >= 11 is 1.73. The van der Waals surface area contributed by atoms with Crippen molar-refractivity contribution >= 4 is 23.0 Å². The molecule has 0 aliphatic rings. The second kappa shape index (κ2) is 6.52. The molecular weight excluding hydrogens is 256 g/mol. The zero-order valence-corrected chi connectivity index (χ0v) is 12.5. The summed E-state index contributed by atoms with van der Waals surface area (Å²) in [7, 11) is 2.08. The minimum atomic E-state index is 0.873. The Labute approximate surface area is 118 Å². The average Bonchev–Trinajstić information content (AvgIpc) is 2.91. The summed E-state index contributed by atoms with van der Waals surface area (Å²) in [4.78, 5) is 11.0. The molecule has 1 N–H and O–H groups in total. The summed E-state index contributed by atoms with van der Waals surface area (Å²) in [6, 6.07) is 2.15. The lowest BCUT2D eigenvalue weighted by Crippen LogP contribution is -2.20. The summed E-state index contributed by atoms with van der Waals surface area (Å²) in [5.74, 6) is 1.96. The van der Waals surface area contributed by atoms with E-state index in [2.05, 4.69) is 57.9 Å². The van der Waals surface area contributed by atoms with E-state index in [1.807, 2.05) is 0 Å². The average molecular weight is 276 g/mol.